The molecule has 1 heterocycles. The van der Waals surface area contributed by atoms with Gasteiger partial charge < -0.3 is 10.2 Å². The fraction of sp³-hybridized carbons (Fsp3) is 0.286. The van der Waals surface area contributed by atoms with Gasteiger partial charge in [-0.1, -0.05) is 30.3 Å². The van der Waals surface area contributed by atoms with Crippen LogP contribution in [0, 0.1) is 0 Å². The van der Waals surface area contributed by atoms with Crippen molar-refractivity contribution in [3.05, 3.63) is 66.4 Å². The summed E-state index contributed by atoms with van der Waals surface area (Å²) in [7, 11) is 2.01. The van der Waals surface area contributed by atoms with E-state index < -0.39 is 0 Å². The lowest BCUT2D eigenvalue weighted by atomic mass is 10.2. The van der Waals surface area contributed by atoms with Gasteiger partial charge in [-0.25, -0.2) is 4.57 Å². The molecule has 0 spiro atoms. The maximum Gasteiger partial charge on any atom is 0.410 e. The van der Waals surface area contributed by atoms with Crippen LogP contribution in [-0.4, -0.2) is 13.1 Å². The average molecular weight is 381 g/mol. The SMILES string of the molecule is CCN(CC)c1c[n+](C)c(N=Nc2ccc(NCc3ccccc3)cc2)s1. The van der Waals surface area contributed by atoms with Crippen molar-refractivity contribution < 1.29 is 4.57 Å². The molecule has 6 heteroatoms. The lowest BCUT2D eigenvalue weighted by Gasteiger charge is -2.16. The van der Waals surface area contributed by atoms with Crippen molar-refractivity contribution in [1.82, 2.24) is 0 Å². The quantitative estimate of drug-likeness (QED) is 0.417. The molecule has 0 aliphatic carbocycles. The van der Waals surface area contributed by atoms with Gasteiger partial charge in [-0.05, 0) is 60.1 Å². The predicted molar refractivity (Wildman–Crippen MR) is 113 cm³/mol. The molecule has 1 aromatic heterocycles. The molecule has 3 rings (SSSR count). The summed E-state index contributed by atoms with van der Waals surface area (Å²) in [5.74, 6) is 0. The Balaban J connectivity index is 1.62. The zero-order chi connectivity index (χ0) is 19.1. The van der Waals surface area contributed by atoms with E-state index in [2.05, 4.69) is 64.8 Å². The van der Waals surface area contributed by atoms with Gasteiger partial charge in [0.05, 0.1) is 12.2 Å². The number of anilines is 2. The molecule has 1 N–H and O–H groups in total. The maximum atomic E-state index is 4.43. The lowest BCUT2D eigenvalue weighted by molar-refractivity contribution is -0.653. The summed E-state index contributed by atoms with van der Waals surface area (Å²) in [4.78, 5) is 2.32. The van der Waals surface area contributed by atoms with E-state index in [-0.39, 0.29) is 0 Å². The van der Waals surface area contributed by atoms with Crippen LogP contribution in [-0.2, 0) is 13.6 Å². The van der Waals surface area contributed by atoms with Crippen LogP contribution in [0.1, 0.15) is 19.4 Å². The minimum absolute atomic E-state index is 0.806. The van der Waals surface area contributed by atoms with E-state index in [1.165, 1.54) is 10.6 Å². The zero-order valence-corrected chi connectivity index (χ0v) is 16.9. The molecule has 140 valence electrons. The van der Waals surface area contributed by atoms with E-state index in [9.17, 15) is 0 Å². The van der Waals surface area contributed by atoms with Crippen LogP contribution in [0.5, 0.6) is 0 Å². The highest BCUT2D eigenvalue weighted by molar-refractivity contribution is 7.18. The second-order valence-electron chi connectivity index (χ2n) is 6.22. The maximum absolute atomic E-state index is 4.43. The van der Waals surface area contributed by atoms with Crippen molar-refractivity contribution >= 4 is 32.8 Å². The highest BCUT2D eigenvalue weighted by atomic mass is 32.1. The first kappa shape index (κ1) is 19.0. The Morgan fingerprint density at radius 3 is 2.33 bits per heavy atom. The second kappa shape index (κ2) is 9.28. The minimum atomic E-state index is 0.806. The molecule has 0 radical (unpaired) electrons. The van der Waals surface area contributed by atoms with Crippen LogP contribution in [0.3, 0.4) is 0 Å². The van der Waals surface area contributed by atoms with E-state index >= 15 is 0 Å². The van der Waals surface area contributed by atoms with E-state index in [0.29, 0.717) is 0 Å². The van der Waals surface area contributed by atoms with Gasteiger partial charge in [0, 0.05) is 25.3 Å². The smallest absolute Gasteiger partial charge is 0.381 e. The molecule has 0 aliphatic heterocycles. The molecular formula is C21H26N5S+. The van der Waals surface area contributed by atoms with Crippen molar-refractivity contribution in [2.45, 2.75) is 20.4 Å². The number of benzene rings is 2. The summed E-state index contributed by atoms with van der Waals surface area (Å²) in [6.45, 7) is 7.12. The third-order valence-corrected chi connectivity index (χ3v) is 5.46. The van der Waals surface area contributed by atoms with E-state index in [0.717, 1.165) is 36.1 Å². The minimum Gasteiger partial charge on any atom is -0.381 e. The lowest BCUT2D eigenvalue weighted by Crippen LogP contribution is -2.26. The average Bonchev–Trinajstić information content (AvgIpc) is 3.07. The van der Waals surface area contributed by atoms with Crippen LogP contribution in [0.2, 0.25) is 0 Å². The monoisotopic (exact) mass is 380 g/mol. The molecule has 0 fully saturated rings. The molecule has 0 bridgehead atoms. The number of hydrogen-bond acceptors (Lipinski definition) is 5. The van der Waals surface area contributed by atoms with Gasteiger partial charge in [-0.15, -0.1) is 0 Å². The Hall–Kier alpha value is -2.73. The standard InChI is InChI=1S/C21H25N5S/c1-4-26(5-2)20-16-25(3)21(27-20)24-23-19-13-11-18(12-14-19)22-15-17-9-7-6-8-10-17/h6-14,16H,4-5,15H2,1-3H3/p+1. The van der Waals surface area contributed by atoms with Crippen molar-refractivity contribution in [1.29, 1.82) is 0 Å². The van der Waals surface area contributed by atoms with Gasteiger partial charge in [0.15, 0.2) is 0 Å². The number of rotatable bonds is 8. The molecule has 2 aromatic carbocycles. The summed E-state index contributed by atoms with van der Waals surface area (Å²) >= 11 is 1.66. The predicted octanol–water partition coefficient (Wildman–Crippen LogP) is 5.45. The fourth-order valence-corrected chi connectivity index (χ4v) is 3.80. The number of aryl methyl sites for hydroxylation is 1. The number of hydrogen-bond donors (Lipinski definition) is 1. The fourth-order valence-electron chi connectivity index (χ4n) is 2.73. The van der Waals surface area contributed by atoms with E-state index in [1.54, 1.807) is 11.3 Å². The third kappa shape index (κ3) is 5.14. The van der Waals surface area contributed by atoms with Crippen LogP contribution >= 0.6 is 11.3 Å². The van der Waals surface area contributed by atoms with Gasteiger partial charge >= 0.3 is 5.13 Å². The summed E-state index contributed by atoms with van der Waals surface area (Å²) in [6, 6.07) is 18.4. The third-order valence-electron chi connectivity index (χ3n) is 4.33. The van der Waals surface area contributed by atoms with Gasteiger partial charge in [0.1, 0.15) is 16.9 Å². The van der Waals surface area contributed by atoms with Crippen molar-refractivity contribution in [2.24, 2.45) is 17.3 Å². The second-order valence-corrected chi connectivity index (χ2v) is 7.21. The first-order valence-electron chi connectivity index (χ1n) is 9.23. The largest absolute Gasteiger partial charge is 0.410 e. The Labute approximate surface area is 165 Å². The Morgan fingerprint density at radius 2 is 1.67 bits per heavy atom. The molecule has 0 aliphatic rings. The number of thiazole rings is 1. The topological polar surface area (TPSA) is 43.9 Å². The summed E-state index contributed by atoms with van der Waals surface area (Å²) in [5.41, 5.74) is 3.18. The number of nitrogens with one attached hydrogen (secondary N) is 1. The molecular weight excluding hydrogens is 354 g/mol. The number of nitrogens with zero attached hydrogens (tertiary/aromatic N) is 4. The summed E-state index contributed by atoms with van der Waals surface area (Å²) in [5, 5.41) is 14.4. The van der Waals surface area contributed by atoms with Crippen LogP contribution < -0.4 is 14.8 Å². The van der Waals surface area contributed by atoms with Gasteiger partial charge in [0.25, 0.3) is 0 Å². The van der Waals surface area contributed by atoms with E-state index in [1.807, 2.05) is 41.9 Å². The molecule has 3 aromatic rings. The van der Waals surface area contributed by atoms with Crippen molar-refractivity contribution in [2.75, 3.05) is 23.3 Å². The van der Waals surface area contributed by atoms with Gasteiger partial charge in [-0.3, -0.25) is 0 Å². The van der Waals surface area contributed by atoms with Crippen LogP contribution in [0.15, 0.2) is 71.0 Å². The Morgan fingerprint density at radius 1 is 0.963 bits per heavy atom. The van der Waals surface area contributed by atoms with Crippen molar-refractivity contribution in [3.8, 4) is 0 Å². The molecule has 0 atom stereocenters. The molecule has 27 heavy (non-hydrogen) atoms. The molecule has 0 unspecified atom stereocenters. The Bertz CT molecular complexity index is 867. The molecule has 0 amide bonds. The Kier molecular flexibility index (Phi) is 6.54. The van der Waals surface area contributed by atoms with Gasteiger partial charge in [-0.2, -0.15) is 0 Å². The summed E-state index contributed by atoms with van der Waals surface area (Å²) < 4.78 is 2.03. The van der Waals surface area contributed by atoms with Crippen molar-refractivity contribution in [3.63, 3.8) is 0 Å². The molecule has 5 nitrogen and oxygen atoms in total. The highest BCUT2D eigenvalue weighted by Gasteiger charge is 2.16. The summed E-state index contributed by atoms with van der Waals surface area (Å²) in [6.07, 6.45) is 2.11. The normalized spacial score (nSPS) is 11.1. The zero-order valence-electron chi connectivity index (χ0n) is 16.1. The van der Waals surface area contributed by atoms with Crippen LogP contribution in [0.25, 0.3) is 0 Å². The first-order chi connectivity index (χ1) is 13.2. The number of azo groups is 1. The molecule has 0 saturated heterocycles. The van der Waals surface area contributed by atoms with E-state index in [4.69, 9.17) is 0 Å². The molecule has 0 saturated carbocycles. The number of aromatic nitrogens is 1. The first-order valence-corrected chi connectivity index (χ1v) is 10.0. The highest BCUT2D eigenvalue weighted by Crippen LogP contribution is 2.28. The van der Waals surface area contributed by atoms with Crippen LogP contribution in [0.4, 0.5) is 21.5 Å². The van der Waals surface area contributed by atoms with Gasteiger partial charge in [0.2, 0.25) is 0 Å².